The molecule has 2 heterocycles. The normalized spacial score (nSPS) is 14.0. The Hall–Kier alpha value is -2.06. The topological polar surface area (TPSA) is 68.0 Å². The fourth-order valence-corrected chi connectivity index (χ4v) is 4.84. The largest absolute Gasteiger partial charge is 0.397 e. The number of carbonyl (C=O) groups is 1. The van der Waals surface area contributed by atoms with Crippen LogP contribution in [0.5, 0.6) is 0 Å². The van der Waals surface area contributed by atoms with Crippen molar-refractivity contribution in [2.24, 2.45) is 0 Å². The molecule has 1 aliphatic carbocycles. The third kappa shape index (κ3) is 3.43. The van der Waals surface area contributed by atoms with E-state index >= 15 is 0 Å². The molecule has 3 aromatic rings. The average molecular weight is 452 g/mol. The molecule has 2 aromatic heterocycles. The number of pyridine rings is 1. The van der Waals surface area contributed by atoms with E-state index in [-0.39, 0.29) is 15.0 Å². The molecule has 4 rings (SSSR count). The van der Waals surface area contributed by atoms with Gasteiger partial charge in [-0.2, -0.15) is 0 Å². The number of halogens is 3. The first-order valence-corrected chi connectivity index (χ1v) is 10.2. The number of rotatable bonds is 2. The standard InChI is InChI=1S/C19H16BrF2N3OS/c20-12-7-10(21)8-13(22)16(12)25-18(26)17-15(23)11-6-9-4-2-1-3-5-14(9)24-19(11)27-17/h6-8H,1-5,23H2,(H,25,26). The average Bonchev–Trinajstić information content (AvgIpc) is 2.79. The lowest BCUT2D eigenvalue weighted by Crippen LogP contribution is -2.13. The number of aromatic nitrogens is 1. The van der Waals surface area contributed by atoms with Crippen LogP contribution in [0.1, 0.15) is 40.2 Å². The van der Waals surface area contributed by atoms with Gasteiger partial charge in [0.05, 0.1) is 11.4 Å². The summed E-state index contributed by atoms with van der Waals surface area (Å²) in [5.74, 6) is -2.14. The monoisotopic (exact) mass is 451 g/mol. The molecule has 4 nitrogen and oxygen atoms in total. The van der Waals surface area contributed by atoms with Crippen LogP contribution in [0.4, 0.5) is 20.2 Å². The maximum atomic E-state index is 14.0. The fraction of sp³-hybridized carbons (Fsp3) is 0.263. The van der Waals surface area contributed by atoms with Crippen molar-refractivity contribution in [2.45, 2.75) is 32.1 Å². The summed E-state index contributed by atoms with van der Waals surface area (Å²) in [6, 6.07) is 3.83. The number of fused-ring (bicyclic) bond motifs is 2. The smallest absolute Gasteiger partial charge is 0.268 e. The van der Waals surface area contributed by atoms with Gasteiger partial charge in [-0.3, -0.25) is 4.79 Å². The maximum absolute atomic E-state index is 14.0. The van der Waals surface area contributed by atoms with Gasteiger partial charge < -0.3 is 11.1 Å². The van der Waals surface area contributed by atoms with Crippen molar-refractivity contribution < 1.29 is 13.6 Å². The quantitative estimate of drug-likeness (QED) is 0.509. The van der Waals surface area contributed by atoms with Gasteiger partial charge in [-0.25, -0.2) is 13.8 Å². The summed E-state index contributed by atoms with van der Waals surface area (Å²) in [6.45, 7) is 0. The molecule has 3 N–H and O–H groups in total. The second-order valence-electron chi connectivity index (χ2n) is 6.55. The van der Waals surface area contributed by atoms with Gasteiger partial charge in [-0.15, -0.1) is 11.3 Å². The molecule has 8 heteroatoms. The summed E-state index contributed by atoms with van der Waals surface area (Å²) in [6.07, 6.45) is 5.31. The fourth-order valence-electron chi connectivity index (χ4n) is 3.34. The summed E-state index contributed by atoms with van der Waals surface area (Å²) in [4.78, 5) is 18.4. The minimum atomic E-state index is -0.861. The third-order valence-corrected chi connectivity index (χ3v) is 6.44. The molecule has 0 radical (unpaired) electrons. The highest BCUT2D eigenvalue weighted by Crippen LogP contribution is 2.36. The van der Waals surface area contributed by atoms with Crippen molar-refractivity contribution in [3.63, 3.8) is 0 Å². The van der Waals surface area contributed by atoms with Gasteiger partial charge in [-0.05, 0) is 59.3 Å². The molecule has 0 aliphatic heterocycles. The Morgan fingerprint density at radius 2 is 1.96 bits per heavy atom. The highest BCUT2D eigenvalue weighted by atomic mass is 79.9. The molecule has 0 saturated heterocycles. The lowest BCUT2D eigenvalue weighted by molar-refractivity contribution is 0.103. The van der Waals surface area contributed by atoms with Gasteiger partial charge in [0, 0.05) is 21.6 Å². The van der Waals surface area contributed by atoms with E-state index in [0.29, 0.717) is 16.6 Å². The van der Waals surface area contributed by atoms with Crippen molar-refractivity contribution >= 4 is 54.8 Å². The number of hydrogen-bond donors (Lipinski definition) is 2. The zero-order chi connectivity index (χ0) is 19.1. The van der Waals surface area contributed by atoms with Gasteiger partial charge in [0.2, 0.25) is 0 Å². The Kier molecular flexibility index (Phi) is 4.86. The number of hydrogen-bond acceptors (Lipinski definition) is 4. The number of aryl methyl sites for hydroxylation is 2. The molecule has 0 unspecified atom stereocenters. The molecule has 0 saturated carbocycles. The Labute approximate surface area is 166 Å². The SMILES string of the molecule is Nc1c(C(=O)Nc2c(F)cc(F)cc2Br)sc2nc3c(cc12)CCCCC3. The van der Waals surface area contributed by atoms with Crippen LogP contribution in [0, 0.1) is 11.6 Å². The number of thiophene rings is 1. The highest BCUT2D eigenvalue weighted by molar-refractivity contribution is 9.10. The molecule has 0 bridgehead atoms. The highest BCUT2D eigenvalue weighted by Gasteiger charge is 2.22. The number of anilines is 2. The molecular weight excluding hydrogens is 436 g/mol. The first-order chi connectivity index (χ1) is 12.9. The second-order valence-corrected chi connectivity index (χ2v) is 8.40. The van der Waals surface area contributed by atoms with Crippen molar-refractivity contribution in [1.82, 2.24) is 4.98 Å². The lowest BCUT2D eigenvalue weighted by Gasteiger charge is -2.08. The van der Waals surface area contributed by atoms with Crippen LogP contribution in [0.25, 0.3) is 10.2 Å². The predicted molar refractivity (Wildman–Crippen MR) is 107 cm³/mol. The van der Waals surface area contributed by atoms with Crippen molar-refractivity contribution in [3.05, 3.63) is 50.4 Å². The molecule has 27 heavy (non-hydrogen) atoms. The van der Waals surface area contributed by atoms with E-state index in [1.54, 1.807) is 0 Å². The number of amides is 1. The predicted octanol–water partition coefficient (Wildman–Crippen LogP) is 5.44. The Balaban J connectivity index is 1.71. The Bertz CT molecular complexity index is 1040. The van der Waals surface area contributed by atoms with Crippen LogP contribution in [0.15, 0.2) is 22.7 Å². The minimum absolute atomic E-state index is 0.123. The van der Waals surface area contributed by atoms with Crippen molar-refractivity contribution in [3.8, 4) is 0 Å². The molecule has 0 spiro atoms. The molecule has 0 fully saturated rings. The summed E-state index contributed by atoms with van der Waals surface area (Å²) in [7, 11) is 0. The van der Waals surface area contributed by atoms with Crippen LogP contribution in [-0.4, -0.2) is 10.9 Å². The summed E-state index contributed by atoms with van der Waals surface area (Å²) in [5, 5.41) is 3.23. The van der Waals surface area contributed by atoms with Crippen LogP contribution >= 0.6 is 27.3 Å². The molecule has 1 aromatic carbocycles. The summed E-state index contributed by atoms with van der Waals surface area (Å²) in [5.41, 5.74) is 8.68. The Morgan fingerprint density at radius 3 is 2.74 bits per heavy atom. The molecule has 140 valence electrons. The van der Waals surface area contributed by atoms with Crippen LogP contribution in [0.3, 0.4) is 0 Å². The van der Waals surface area contributed by atoms with Crippen LogP contribution in [0.2, 0.25) is 0 Å². The van der Waals surface area contributed by atoms with Crippen LogP contribution < -0.4 is 11.1 Å². The van der Waals surface area contributed by atoms with E-state index in [2.05, 4.69) is 21.2 Å². The lowest BCUT2D eigenvalue weighted by atomic mass is 10.1. The zero-order valence-corrected chi connectivity index (χ0v) is 16.6. The van der Waals surface area contributed by atoms with Crippen LogP contribution in [-0.2, 0) is 12.8 Å². The van der Waals surface area contributed by atoms with Crippen molar-refractivity contribution in [2.75, 3.05) is 11.1 Å². The van der Waals surface area contributed by atoms with Crippen molar-refractivity contribution in [1.29, 1.82) is 0 Å². The minimum Gasteiger partial charge on any atom is -0.397 e. The number of nitrogens with one attached hydrogen (secondary N) is 1. The third-order valence-electron chi connectivity index (χ3n) is 4.70. The second kappa shape index (κ2) is 7.16. The maximum Gasteiger partial charge on any atom is 0.268 e. The zero-order valence-electron chi connectivity index (χ0n) is 14.2. The van der Waals surface area contributed by atoms with Gasteiger partial charge >= 0.3 is 0 Å². The van der Waals surface area contributed by atoms with Gasteiger partial charge in [-0.1, -0.05) is 6.42 Å². The number of carbonyl (C=O) groups excluding carboxylic acids is 1. The van der Waals surface area contributed by atoms with E-state index in [0.717, 1.165) is 42.8 Å². The number of nitrogens with zero attached hydrogens (tertiary/aromatic N) is 1. The van der Waals surface area contributed by atoms with E-state index in [1.807, 2.05) is 6.07 Å². The first-order valence-electron chi connectivity index (χ1n) is 8.60. The van der Waals surface area contributed by atoms with E-state index in [1.165, 1.54) is 23.3 Å². The van der Waals surface area contributed by atoms with E-state index in [9.17, 15) is 13.6 Å². The van der Waals surface area contributed by atoms with Gasteiger partial charge in [0.1, 0.15) is 15.5 Å². The number of nitrogens with two attached hydrogens (primary N) is 1. The summed E-state index contributed by atoms with van der Waals surface area (Å²) >= 11 is 4.26. The number of benzene rings is 1. The molecule has 1 aliphatic rings. The van der Waals surface area contributed by atoms with E-state index < -0.39 is 17.5 Å². The van der Waals surface area contributed by atoms with Gasteiger partial charge in [0.25, 0.3) is 5.91 Å². The Morgan fingerprint density at radius 1 is 1.19 bits per heavy atom. The number of nitrogen functional groups attached to an aromatic ring is 1. The molecular formula is C19H16BrF2N3OS. The first kappa shape index (κ1) is 18.3. The van der Waals surface area contributed by atoms with E-state index in [4.69, 9.17) is 10.7 Å². The molecule has 1 amide bonds. The van der Waals surface area contributed by atoms with Gasteiger partial charge in [0.15, 0.2) is 5.82 Å². The molecule has 0 atom stereocenters. The summed E-state index contributed by atoms with van der Waals surface area (Å²) < 4.78 is 27.4.